The molecule has 1 unspecified atom stereocenters. The molecule has 0 fully saturated rings. The minimum atomic E-state index is -0.189. The van der Waals surface area contributed by atoms with E-state index < -0.39 is 0 Å². The molecule has 0 saturated carbocycles. The van der Waals surface area contributed by atoms with E-state index in [9.17, 15) is 4.79 Å². The van der Waals surface area contributed by atoms with Crippen molar-refractivity contribution in [1.29, 1.82) is 0 Å². The highest BCUT2D eigenvalue weighted by molar-refractivity contribution is 9.10. The van der Waals surface area contributed by atoms with Crippen LogP contribution in [0.3, 0.4) is 0 Å². The van der Waals surface area contributed by atoms with Crippen molar-refractivity contribution in [2.75, 3.05) is 13.6 Å². The van der Waals surface area contributed by atoms with Crippen molar-refractivity contribution in [3.8, 4) is 0 Å². The lowest BCUT2D eigenvalue weighted by Gasteiger charge is -2.20. The summed E-state index contributed by atoms with van der Waals surface area (Å²) >= 11 is 3.33. The Morgan fingerprint density at radius 2 is 2.29 bits per heavy atom. The van der Waals surface area contributed by atoms with Crippen LogP contribution in [0.5, 0.6) is 0 Å². The molecular formula is C12H18BrN3O. The molecule has 0 spiro atoms. The number of nitrogens with zero attached hydrogens (tertiary/aromatic N) is 2. The summed E-state index contributed by atoms with van der Waals surface area (Å²) in [6.07, 6.45) is 1.75. The summed E-state index contributed by atoms with van der Waals surface area (Å²) in [7, 11) is 1.80. The highest BCUT2D eigenvalue weighted by atomic mass is 79.9. The number of pyridine rings is 1. The quantitative estimate of drug-likeness (QED) is 0.902. The zero-order valence-electron chi connectivity index (χ0n) is 10.4. The fraction of sp³-hybridized carbons (Fsp3) is 0.500. The molecule has 94 valence electrons. The molecule has 0 saturated heterocycles. The first-order valence-electron chi connectivity index (χ1n) is 5.63. The fourth-order valence-corrected chi connectivity index (χ4v) is 1.58. The van der Waals surface area contributed by atoms with Crippen LogP contribution < -0.4 is 5.32 Å². The van der Waals surface area contributed by atoms with Gasteiger partial charge in [-0.3, -0.25) is 9.78 Å². The van der Waals surface area contributed by atoms with Gasteiger partial charge in [-0.1, -0.05) is 0 Å². The number of aromatic nitrogens is 1. The number of hydrogen-bond acceptors (Lipinski definition) is 3. The van der Waals surface area contributed by atoms with Gasteiger partial charge in [0.1, 0.15) is 0 Å². The summed E-state index contributed by atoms with van der Waals surface area (Å²) in [5.41, 5.74) is 0.923. The zero-order valence-corrected chi connectivity index (χ0v) is 12.0. The molecule has 1 aromatic rings. The highest BCUT2D eigenvalue weighted by Crippen LogP contribution is 2.07. The van der Waals surface area contributed by atoms with Crippen LogP contribution in [0, 0.1) is 0 Å². The Kier molecular flexibility index (Phi) is 5.58. The molecule has 0 aromatic carbocycles. The molecule has 0 aliphatic rings. The van der Waals surface area contributed by atoms with Crippen molar-refractivity contribution in [2.45, 2.75) is 26.4 Å². The molecule has 0 radical (unpaired) electrons. The Balaban J connectivity index is 2.45. The molecule has 0 bridgehead atoms. The van der Waals surface area contributed by atoms with E-state index in [4.69, 9.17) is 0 Å². The minimum Gasteiger partial charge on any atom is -0.345 e. The van der Waals surface area contributed by atoms with Crippen molar-refractivity contribution >= 4 is 21.8 Å². The lowest BCUT2D eigenvalue weighted by atomic mass is 10.2. The van der Waals surface area contributed by atoms with Gasteiger partial charge < -0.3 is 10.2 Å². The Hall–Kier alpha value is -0.940. The number of nitrogens with one attached hydrogen (secondary N) is 1. The molecule has 1 N–H and O–H groups in total. The predicted octanol–water partition coefficient (Wildman–Crippen LogP) is 1.80. The number of halogens is 1. The smallest absolute Gasteiger partial charge is 0.239 e. The second-order valence-electron chi connectivity index (χ2n) is 3.92. The van der Waals surface area contributed by atoms with Crippen molar-refractivity contribution in [2.24, 2.45) is 0 Å². The predicted molar refractivity (Wildman–Crippen MR) is 71.5 cm³/mol. The lowest BCUT2D eigenvalue weighted by molar-refractivity contribution is -0.131. The van der Waals surface area contributed by atoms with Crippen LogP contribution in [0.2, 0.25) is 0 Å². The SMILES string of the molecule is CCN(C)C(=O)C(C)NCc1ccc(Br)cn1. The number of likely N-dealkylation sites (N-methyl/N-ethyl adjacent to an activating group) is 1. The van der Waals surface area contributed by atoms with E-state index in [0.29, 0.717) is 6.54 Å². The molecule has 1 aromatic heterocycles. The summed E-state index contributed by atoms with van der Waals surface area (Å²) < 4.78 is 0.955. The molecule has 1 heterocycles. The Labute approximate surface area is 111 Å². The van der Waals surface area contributed by atoms with Crippen molar-refractivity contribution in [1.82, 2.24) is 15.2 Å². The summed E-state index contributed by atoms with van der Waals surface area (Å²) in [5, 5.41) is 3.16. The second kappa shape index (κ2) is 6.71. The molecular weight excluding hydrogens is 282 g/mol. The number of carbonyl (C=O) groups excluding carboxylic acids is 1. The van der Waals surface area contributed by atoms with Crippen LogP contribution in [-0.2, 0) is 11.3 Å². The normalized spacial score (nSPS) is 12.2. The van der Waals surface area contributed by atoms with Gasteiger partial charge in [-0.05, 0) is 41.9 Å². The fourth-order valence-electron chi connectivity index (χ4n) is 1.34. The first-order valence-corrected chi connectivity index (χ1v) is 6.42. The van der Waals surface area contributed by atoms with Crippen LogP contribution in [-0.4, -0.2) is 35.4 Å². The van der Waals surface area contributed by atoms with Crippen LogP contribution in [0.1, 0.15) is 19.5 Å². The van der Waals surface area contributed by atoms with Crippen LogP contribution >= 0.6 is 15.9 Å². The van der Waals surface area contributed by atoms with Gasteiger partial charge in [0.05, 0.1) is 11.7 Å². The minimum absolute atomic E-state index is 0.101. The van der Waals surface area contributed by atoms with Crippen molar-refractivity contribution < 1.29 is 4.79 Å². The first kappa shape index (κ1) is 14.1. The third-order valence-electron chi connectivity index (χ3n) is 2.60. The molecule has 1 atom stereocenters. The maximum Gasteiger partial charge on any atom is 0.239 e. The Morgan fingerprint density at radius 3 is 2.82 bits per heavy atom. The largest absolute Gasteiger partial charge is 0.345 e. The number of hydrogen-bond donors (Lipinski definition) is 1. The van der Waals surface area contributed by atoms with Gasteiger partial charge in [0.15, 0.2) is 0 Å². The van der Waals surface area contributed by atoms with Crippen molar-refractivity contribution in [3.63, 3.8) is 0 Å². The molecule has 0 aliphatic heterocycles. The highest BCUT2D eigenvalue weighted by Gasteiger charge is 2.15. The first-order chi connectivity index (χ1) is 8.04. The molecule has 17 heavy (non-hydrogen) atoms. The number of rotatable bonds is 5. The third kappa shape index (κ3) is 4.44. The second-order valence-corrected chi connectivity index (χ2v) is 4.84. The van der Waals surface area contributed by atoms with E-state index in [1.807, 2.05) is 26.0 Å². The summed E-state index contributed by atoms with van der Waals surface area (Å²) in [6.45, 7) is 5.15. The number of carbonyl (C=O) groups is 1. The van der Waals surface area contributed by atoms with E-state index in [2.05, 4.69) is 26.2 Å². The molecule has 1 rings (SSSR count). The summed E-state index contributed by atoms with van der Waals surface area (Å²) in [4.78, 5) is 17.7. The van der Waals surface area contributed by atoms with Crippen molar-refractivity contribution in [3.05, 3.63) is 28.5 Å². The average Bonchev–Trinajstić information content (AvgIpc) is 2.35. The topological polar surface area (TPSA) is 45.2 Å². The van der Waals surface area contributed by atoms with Gasteiger partial charge in [-0.2, -0.15) is 0 Å². The maximum absolute atomic E-state index is 11.8. The number of amides is 1. The molecule has 1 amide bonds. The van der Waals surface area contributed by atoms with Crippen LogP contribution in [0.4, 0.5) is 0 Å². The van der Waals surface area contributed by atoms with E-state index in [1.165, 1.54) is 0 Å². The van der Waals surface area contributed by atoms with E-state index >= 15 is 0 Å². The third-order valence-corrected chi connectivity index (χ3v) is 3.07. The molecule has 0 aliphatic carbocycles. The Morgan fingerprint density at radius 1 is 1.59 bits per heavy atom. The van der Waals surface area contributed by atoms with Gasteiger partial charge in [0.25, 0.3) is 0 Å². The standard InChI is InChI=1S/C12H18BrN3O/c1-4-16(3)12(17)9(2)14-8-11-6-5-10(13)7-15-11/h5-7,9,14H,4,8H2,1-3H3. The van der Waals surface area contributed by atoms with E-state index in [1.54, 1.807) is 18.1 Å². The van der Waals surface area contributed by atoms with E-state index in [0.717, 1.165) is 16.7 Å². The van der Waals surface area contributed by atoms with Gasteiger partial charge in [-0.15, -0.1) is 0 Å². The van der Waals surface area contributed by atoms with E-state index in [-0.39, 0.29) is 11.9 Å². The van der Waals surface area contributed by atoms with Gasteiger partial charge >= 0.3 is 0 Å². The monoisotopic (exact) mass is 299 g/mol. The average molecular weight is 300 g/mol. The molecule has 4 nitrogen and oxygen atoms in total. The summed E-state index contributed by atoms with van der Waals surface area (Å²) in [6, 6.07) is 3.68. The van der Waals surface area contributed by atoms with Gasteiger partial charge in [0, 0.05) is 30.8 Å². The van der Waals surface area contributed by atoms with Gasteiger partial charge in [-0.25, -0.2) is 0 Å². The maximum atomic E-state index is 11.8. The lowest BCUT2D eigenvalue weighted by Crippen LogP contribution is -2.42. The van der Waals surface area contributed by atoms with Gasteiger partial charge in [0.2, 0.25) is 5.91 Å². The van der Waals surface area contributed by atoms with Crippen LogP contribution in [0.15, 0.2) is 22.8 Å². The zero-order chi connectivity index (χ0) is 12.8. The Bertz CT molecular complexity index is 367. The van der Waals surface area contributed by atoms with Crippen LogP contribution in [0.25, 0.3) is 0 Å². The summed E-state index contributed by atoms with van der Waals surface area (Å²) in [5.74, 6) is 0.101. The molecule has 5 heteroatoms.